The van der Waals surface area contributed by atoms with Gasteiger partial charge in [-0.1, -0.05) is 13.8 Å². The highest BCUT2D eigenvalue weighted by molar-refractivity contribution is 5.86. The van der Waals surface area contributed by atoms with Crippen LogP contribution in [0.4, 0.5) is 0 Å². The summed E-state index contributed by atoms with van der Waals surface area (Å²) in [4.78, 5) is 35.8. The molecule has 0 saturated carbocycles. The summed E-state index contributed by atoms with van der Waals surface area (Å²) in [6.45, 7) is 7.07. The maximum Gasteiger partial charge on any atom is 0.339 e. The molecule has 0 radical (unpaired) electrons. The van der Waals surface area contributed by atoms with Crippen molar-refractivity contribution in [3.05, 3.63) is 39.2 Å². The number of aryl methyl sites for hydroxylation is 2. The number of carbonyl (C=O) groups excluding carboxylic acids is 1. The van der Waals surface area contributed by atoms with E-state index in [-0.39, 0.29) is 18.8 Å². The fourth-order valence-electron chi connectivity index (χ4n) is 3.08. The third kappa shape index (κ3) is 4.30. The lowest BCUT2D eigenvalue weighted by molar-refractivity contribution is -0.143. The lowest BCUT2D eigenvalue weighted by Crippen LogP contribution is -2.44. The number of carboxylic acids is 1. The maximum absolute atomic E-state index is 12.4. The van der Waals surface area contributed by atoms with Crippen molar-refractivity contribution in [1.29, 1.82) is 0 Å². The van der Waals surface area contributed by atoms with Crippen LogP contribution in [0.25, 0.3) is 11.0 Å². The fraction of sp³-hybridized carbons (Fsp3) is 0.450. The quantitative estimate of drug-likeness (QED) is 0.721. The summed E-state index contributed by atoms with van der Waals surface area (Å²) < 4.78 is 10.7. The minimum absolute atomic E-state index is 0.00272. The number of carbonyl (C=O) groups is 2. The molecule has 2 N–H and O–H groups in total. The Balaban J connectivity index is 2.26. The average Bonchev–Trinajstić information content (AvgIpc) is 2.60. The third-order valence-corrected chi connectivity index (χ3v) is 4.73. The van der Waals surface area contributed by atoms with Gasteiger partial charge in [0.2, 0.25) is 5.91 Å². The van der Waals surface area contributed by atoms with Crippen LogP contribution < -0.4 is 15.7 Å². The molecule has 0 aliphatic heterocycles. The topological polar surface area (TPSA) is 106 Å². The van der Waals surface area contributed by atoms with E-state index in [1.807, 2.05) is 19.9 Å². The van der Waals surface area contributed by atoms with Crippen LogP contribution in [0.15, 0.2) is 21.3 Å². The number of methoxy groups -OCH3 is 1. The van der Waals surface area contributed by atoms with E-state index in [4.69, 9.17) is 14.3 Å². The largest absolute Gasteiger partial charge is 0.496 e. The van der Waals surface area contributed by atoms with E-state index in [1.165, 1.54) is 0 Å². The number of carboxylic acid groups (broad SMARTS) is 1. The van der Waals surface area contributed by atoms with Crippen LogP contribution in [0.3, 0.4) is 0 Å². The molecule has 1 amide bonds. The van der Waals surface area contributed by atoms with Gasteiger partial charge in [-0.15, -0.1) is 0 Å². The van der Waals surface area contributed by atoms with Gasteiger partial charge in [0.25, 0.3) is 0 Å². The molecule has 1 heterocycles. The SMILES string of the molecule is COc1ccc2c(C)c(CCC(=O)NC(C(=O)O)C(C)C)c(=O)oc2c1C. The van der Waals surface area contributed by atoms with Crippen molar-refractivity contribution in [2.24, 2.45) is 5.92 Å². The molecule has 0 aliphatic carbocycles. The van der Waals surface area contributed by atoms with Gasteiger partial charge in [-0.3, -0.25) is 4.79 Å². The van der Waals surface area contributed by atoms with Gasteiger partial charge in [0.05, 0.1) is 7.11 Å². The summed E-state index contributed by atoms with van der Waals surface area (Å²) in [5.41, 5.74) is 1.87. The van der Waals surface area contributed by atoms with Gasteiger partial charge >= 0.3 is 11.6 Å². The summed E-state index contributed by atoms with van der Waals surface area (Å²) >= 11 is 0. The molecule has 1 atom stereocenters. The Morgan fingerprint density at radius 3 is 2.44 bits per heavy atom. The lowest BCUT2D eigenvalue weighted by Gasteiger charge is -2.18. The van der Waals surface area contributed by atoms with E-state index in [9.17, 15) is 14.4 Å². The molecule has 0 saturated heterocycles. The van der Waals surface area contributed by atoms with Gasteiger partial charge in [-0.2, -0.15) is 0 Å². The van der Waals surface area contributed by atoms with Gasteiger partial charge in [-0.25, -0.2) is 9.59 Å². The number of hydrogen-bond acceptors (Lipinski definition) is 5. The van der Waals surface area contributed by atoms with Crippen LogP contribution in [0.5, 0.6) is 5.75 Å². The second-order valence-corrected chi connectivity index (χ2v) is 6.89. The van der Waals surface area contributed by atoms with Gasteiger partial charge in [0.1, 0.15) is 17.4 Å². The van der Waals surface area contributed by atoms with Gasteiger partial charge < -0.3 is 19.6 Å². The predicted molar refractivity (Wildman–Crippen MR) is 101 cm³/mol. The van der Waals surface area contributed by atoms with Crippen molar-refractivity contribution in [2.75, 3.05) is 7.11 Å². The minimum Gasteiger partial charge on any atom is -0.496 e. The van der Waals surface area contributed by atoms with E-state index in [0.29, 0.717) is 16.9 Å². The lowest BCUT2D eigenvalue weighted by atomic mass is 9.99. The Labute approximate surface area is 157 Å². The van der Waals surface area contributed by atoms with Crippen LogP contribution in [0.2, 0.25) is 0 Å². The summed E-state index contributed by atoms with van der Waals surface area (Å²) in [6.07, 6.45) is 0.175. The molecule has 7 heteroatoms. The first-order valence-electron chi connectivity index (χ1n) is 8.79. The number of amides is 1. The molecular weight excluding hydrogens is 350 g/mol. The van der Waals surface area contributed by atoms with Crippen molar-refractivity contribution >= 4 is 22.8 Å². The molecule has 0 spiro atoms. The molecule has 27 heavy (non-hydrogen) atoms. The molecule has 2 aromatic rings. The van der Waals surface area contributed by atoms with Crippen LogP contribution in [-0.2, 0) is 16.0 Å². The Hall–Kier alpha value is -2.83. The fourth-order valence-corrected chi connectivity index (χ4v) is 3.08. The molecule has 1 aromatic heterocycles. The molecule has 0 fully saturated rings. The summed E-state index contributed by atoms with van der Waals surface area (Å²) in [7, 11) is 1.55. The van der Waals surface area contributed by atoms with Crippen molar-refractivity contribution < 1.29 is 23.8 Å². The molecule has 2 rings (SSSR count). The zero-order valence-electron chi connectivity index (χ0n) is 16.2. The van der Waals surface area contributed by atoms with E-state index in [2.05, 4.69) is 5.32 Å². The Morgan fingerprint density at radius 2 is 1.89 bits per heavy atom. The Kier molecular flexibility index (Phi) is 6.25. The number of fused-ring (bicyclic) bond motifs is 1. The monoisotopic (exact) mass is 375 g/mol. The third-order valence-electron chi connectivity index (χ3n) is 4.73. The van der Waals surface area contributed by atoms with Gasteiger partial charge in [0.15, 0.2) is 0 Å². The molecule has 0 bridgehead atoms. The molecule has 146 valence electrons. The second kappa shape index (κ2) is 8.24. The highest BCUT2D eigenvalue weighted by Crippen LogP contribution is 2.29. The number of ether oxygens (including phenoxy) is 1. The number of benzene rings is 1. The molecular formula is C20H25NO6. The summed E-state index contributed by atoms with van der Waals surface area (Å²) in [5.74, 6) is -1.10. The molecule has 7 nitrogen and oxygen atoms in total. The summed E-state index contributed by atoms with van der Waals surface area (Å²) in [6, 6.07) is 2.67. The van der Waals surface area contributed by atoms with Crippen LogP contribution in [0.1, 0.15) is 37.0 Å². The predicted octanol–water partition coefficient (Wildman–Crippen LogP) is 2.58. The molecule has 1 unspecified atom stereocenters. The average molecular weight is 375 g/mol. The van der Waals surface area contributed by atoms with Crippen molar-refractivity contribution in [3.8, 4) is 5.75 Å². The standard InChI is InChI=1S/C20H25NO6/c1-10(2)17(19(23)24)21-16(22)9-7-14-11(3)13-6-8-15(26-5)12(4)18(13)27-20(14)25/h6,8,10,17H,7,9H2,1-5H3,(H,21,22)(H,23,24). The van der Waals surface area contributed by atoms with Gasteiger partial charge in [0, 0.05) is 22.9 Å². The maximum atomic E-state index is 12.4. The van der Waals surface area contributed by atoms with Gasteiger partial charge in [-0.05, 0) is 43.9 Å². The number of hydrogen-bond donors (Lipinski definition) is 2. The number of rotatable bonds is 7. The normalized spacial score (nSPS) is 12.2. The van der Waals surface area contributed by atoms with Crippen molar-refractivity contribution in [3.63, 3.8) is 0 Å². The van der Waals surface area contributed by atoms with Crippen LogP contribution in [-0.4, -0.2) is 30.1 Å². The number of nitrogens with one attached hydrogen (secondary N) is 1. The second-order valence-electron chi connectivity index (χ2n) is 6.89. The summed E-state index contributed by atoms with van der Waals surface area (Å²) in [5, 5.41) is 12.4. The van der Waals surface area contributed by atoms with Crippen LogP contribution >= 0.6 is 0 Å². The molecule has 0 aliphatic rings. The zero-order valence-corrected chi connectivity index (χ0v) is 16.2. The highest BCUT2D eigenvalue weighted by Gasteiger charge is 2.23. The first-order valence-corrected chi connectivity index (χ1v) is 8.79. The zero-order chi connectivity index (χ0) is 20.3. The van der Waals surface area contributed by atoms with Crippen LogP contribution in [0, 0.1) is 19.8 Å². The number of aliphatic carboxylic acids is 1. The van der Waals surface area contributed by atoms with E-state index in [0.717, 1.165) is 16.5 Å². The van der Waals surface area contributed by atoms with Crippen molar-refractivity contribution in [2.45, 2.75) is 46.6 Å². The van der Waals surface area contributed by atoms with Crippen molar-refractivity contribution in [1.82, 2.24) is 5.32 Å². The first-order chi connectivity index (χ1) is 12.7. The minimum atomic E-state index is -1.08. The Morgan fingerprint density at radius 1 is 1.22 bits per heavy atom. The van der Waals surface area contributed by atoms with E-state index >= 15 is 0 Å². The Bertz CT molecular complexity index is 928. The highest BCUT2D eigenvalue weighted by atomic mass is 16.5. The smallest absolute Gasteiger partial charge is 0.339 e. The molecule has 1 aromatic carbocycles. The van der Waals surface area contributed by atoms with E-state index in [1.54, 1.807) is 27.0 Å². The first kappa shape index (κ1) is 20.5. The van der Waals surface area contributed by atoms with E-state index < -0.39 is 23.5 Å².